The molecule has 1 amide bonds. The van der Waals surface area contributed by atoms with Crippen molar-refractivity contribution in [3.63, 3.8) is 0 Å². The summed E-state index contributed by atoms with van der Waals surface area (Å²) < 4.78 is 5.56. The van der Waals surface area contributed by atoms with Crippen LogP contribution in [0.2, 0.25) is 0 Å². The number of nitrogen functional groups attached to an aromatic ring is 1. The van der Waals surface area contributed by atoms with Crippen LogP contribution in [0, 0.1) is 0 Å². The van der Waals surface area contributed by atoms with Gasteiger partial charge in [-0.25, -0.2) is 0 Å². The first-order chi connectivity index (χ1) is 9.56. The van der Waals surface area contributed by atoms with E-state index in [1.165, 1.54) is 0 Å². The third-order valence-electron chi connectivity index (χ3n) is 4.05. The summed E-state index contributed by atoms with van der Waals surface area (Å²) in [5.74, 6) is 0.0604. The highest BCUT2D eigenvalue weighted by Gasteiger charge is 2.28. The number of carbonyl (C=O) groups excluding carboxylic acids is 1. The van der Waals surface area contributed by atoms with E-state index >= 15 is 0 Å². The zero-order valence-electron chi connectivity index (χ0n) is 11.8. The topological polar surface area (TPSA) is 76.4 Å². The number of anilines is 3. The van der Waals surface area contributed by atoms with E-state index in [0.29, 0.717) is 18.7 Å². The number of fused-ring (bicyclic) bond motifs is 1. The molecular formula is C15H21N3O2. The molecule has 5 nitrogen and oxygen atoms in total. The highest BCUT2D eigenvalue weighted by atomic mass is 16.5. The molecular weight excluding hydrogens is 254 g/mol. The Hall–Kier alpha value is -1.75. The van der Waals surface area contributed by atoms with Crippen LogP contribution in [0.3, 0.4) is 0 Å². The van der Waals surface area contributed by atoms with Crippen LogP contribution in [-0.2, 0) is 16.0 Å². The average Bonchev–Trinajstić information content (AvgIpc) is 2.40. The van der Waals surface area contributed by atoms with Gasteiger partial charge >= 0.3 is 0 Å². The fourth-order valence-corrected chi connectivity index (χ4v) is 2.91. The van der Waals surface area contributed by atoms with E-state index < -0.39 is 0 Å². The summed E-state index contributed by atoms with van der Waals surface area (Å²) in [6, 6.07) is 3.91. The second-order valence-corrected chi connectivity index (χ2v) is 5.99. The molecule has 2 aliphatic heterocycles. The molecule has 0 bridgehead atoms. The summed E-state index contributed by atoms with van der Waals surface area (Å²) in [5, 5.41) is 6.39. The van der Waals surface area contributed by atoms with Gasteiger partial charge in [-0.15, -0.1) is 0 Å². The van der Waals surface area contributed by atoms with Crippen LogP contribution in [0.15, 0.2) is 12.1 Å². The van der Waals surface area contributed by atoms with Crippen molar-refractivity contribution in [3.05, 3.63) is 17.7 Å². The lowest BCUT2D eigenvalue weighted by Gasteiger charge is -2.36. The number of hydrogen-bond donors (Lipinski definition) is 3. The Morgan fingerprint density at radius 1 is 1.40 bits per heavy atom. The number of aryl methyl sites for hydroxylation is 1. The summed E-state index contributed by atoms with van der Waals surface area (Å²) >= 11 is 0. The molecule has 4 N–H and O–H groups in total. The van der Waals surface area contributed by atoms with Crippen molar-refractivity contribution in [1.82, 2.24) is 0 Å². The standard InChI is InChI=1S/C15H21N3O2/c1-15(5-2-6-20-9-15)18-13-7-10-3-4-14(19)17-12(10)8-11(13)16/h7-8,18H,2-6,9,16H2,1H3,(H,17,19). The maximum atomic E-state index is 11.4. The van der Waals surface area contributed by atoms with Crippen molar-refractivity contribution in [3.8, 4) is 0 Å². The Morgan fingerprint density at radius 3 is 3.00 bits per heavy atom. The Labute approximate surface area is 118 Å². The number of hydrogen-bond acceptors (Lipinski definition) is 4. The largest absolute Gasteiger partial charge is 0.397 e. The molecule has 0 aliphatic carbocycles. The van der Waals surface area contributed by atoms with Crippen LogP contribution in [0.1, 0.15) is 31.7 Å². The molecule has 0 saturated carbocycles. The van der Waals surface area contributed by atoms with Gasteiger partial charge in [-0.2, -0.15) is 0 Å². The first-order valence-corrected chi connectivity index (χ1v) is 7.14. The molecule has 5 heteroatoms. The van der Waals surface area contributed by atoms with Crippen molar-refractivity contribution in [1.29, 1.82) is 0 Å². The van der Waals surface area contributed by atoms with Gasteiger partial charge in [0.2, 0.25) is 5.91 Å². The highest BCUT2D eigenvalue weighted by Crippen LogP contribution is 2.34. The number of amides is 1. The van der Waals surface area contributed by atoms with Crippen LogP contribution >= 0.6 is 0 Å². The van der Waals surface area contributed by atoms with Crippen molar-refractivity contribution in [2.24, 2.45) is 0 Å². The highest BCUT2D eigenvalue weighted by molar-refractivity contribution is 5.95. The number of ether oxygens (including phenoxy) is 1. The molecule has 0 spiro atoms. The minimum Gasteiger partial charge on any atom is -0.397 e. The lowest BCUT2D eigenvalue weighted by atomic mass is 9.93. The minimum atomic E-state index is -0.0709. The molecule has 3 rings (SSSR count). The molecule has 20 heavy (non-hydrogen) atoms. The lowest BCUT2D eigenvalue weighted by Crippen LogP contribution is -2.43. The maximum Gasteiger partial charge on any atom is 0.224 e. The molecule has 1 saturated heterocycles. The van der Waals surface area contributed by atoms with Crippen molar-refractivity contribution >= 4 is 23.0 Å². The van der Waals surface area contributed by atoms with E-state index in [-0.39, 0.29) is 11.4 Å². The molecule has 2 heterocycles. The van der Waals surface area contributed by atoms with E-state index in [4.69, 9.17) is 10.5 Å². The predicted molar refractivity (Wildman–Crippen MR) is 79.9 cm³/mol. The molecule has 108 valence electrons. The van der Waals surface area contributed by atoms with Gasteiger partial charge in [-0.05, 0) is 43.9 Å². The number of nitrogens with one attached hydrogen (secondary N) is 2. The smallest absolute Gasteiger partial charge is 0.224 e. The Kier molecular flexibility index (Phi) is 3.30. The van der Waals surface area contributed by atoms with E-state index in [1.54, 1.807) is 0 Å². The number of carbonyl (C=O) groups is 1. The summed E-state index contributed by atoms with van der Waals surface area (Å²) in [6.07, 6.45) is 3.44. The zero-order chi connectivity index (χ0) is 14.2. The van der Waals surface area contributed by atoms with Gasteiger partial charge in [-0.3, -0.25) is 4.79 Å². The normalized spacial score (nSPS) is 25.8. The third-order valence-corrected chi connectivity index (χ3v) is 4.05. The zero-order valence-corrected chi connectivity index (χ0v) is 11.8. The number of rotatable bonds is 2. The monoisotopic (exact) mass is 275 g/mol. The second kappa shape index (κ2) is 4.98. The van der Waals surface area contributed by atoms with Crippen LogP contribution in [0.4, 0.5) is 17.1 Å². The molecule has 1 fully saturated rings. The lowest BCUT2D eigenvalue weighted by molar-refractivity contribution is -0.116. The fraction of sp³-hybridized carbons (Fsp3) is 0.533. The minimum absolute atomic E-state index is 0.0604. The van der Waals surface area contributed by atoms with Crippen LogP contribution < -0.4 is 16.4 Å². The third kappa shape index (κ3) is 2.58. The Balaban J connectivity index is 1.85. The molecule has 2 aliphatic rings. The first-order valence-electron chi connectivity index (χ1n) is 7.14. The van der Waals surface area contributed by atoms with Gasteiger partial charge in [0.1, 0.15) is 0 Å². The van der Waals surface area contributed by atoms with Gasteiger partial charge in [0.05, 0.1) is 23.5 Å². The van der Waals surface area contributed by atoms with Gasteiger partial charge in [-0.1, -0.05) is 0 Å². The van der Waals surface area contributed by atoms with Crippen LogP contribution in [0.5, 0.6) is 0 Å². The van der Waals surface area contributed by atoms with Crippen molar-refractivity contribution < 1.29 is 9.53 Å². The molecule has 0 radical (unpaired) electrons. The second-order valence-electron chi connectivity index (χ2n) is 5.99. The molecule has 1 aromatic carbocycles. The Morgan fingerprint density at radius 2 is 2.25 bits per heavy atom. The van der Waals surface area contributed by atoms with Crippen molar-refractivity contribution in [2.45, 2.75) is 38.1 Å². The molecule has 0 aromatic heterocycles. The Bertz CT molecular complexity index is 536. The van der Waals surface area contributed by atoms with Crippen LogP contribution in [-0.4, -0.2) is 24.7 Å². The molecule has 1 aromatic rings. The van der Waals surface area contributed by atoms with E-state index in [9.17, 15) is 4.79 Å². The first kappa shape index (κ1) is 13.2. The van der Waals surface area contributed by atoms with E-state index in [0.717, 1.165) is 42.8 Å². The molecule has 1 unspecified atom stereocenters. The molecule has 1 atom stereocenters. The number of nitrogens with two attached hydrogens (primary N) is 1. The predicted octanol–water partition coefficient (Wildman–Crippen LogP) is 2.13. The summed E-state index contributed by atoms with van der Waals surface area (Å²) in [7, 11) is 0. The van der Waals surface area contributed by atoms with E-state index in [2.05, 4.69) is 23.6 Å². The summed E-state index contributed by atoms with van der Waals surface area (Å²) in [5.41, 5.74) is 9.63. The average molecular weight is 275 g/mol. The van der Waals surface area contributed by atoms with Gasteiger partial charge in [0.15, 0.2) is 0 Å². The quantitative estimate of drug-likeness (QED) is 0.723. The fourth-order valence-electron chi connectivity index (χ4n) is 2.91. The van der Waals surface area contributed by atoms with Crippen molar-refractivity contribution in [2.75, 3.05) is 29.6 Å². The SMILES string of the molecule is CC1(Nc2cc3c(cc2N)NC(=O)CC3)CCCOC1. The number of benzene rings is 1. The van der Waals surface area contributed by atoms with Gasteiger partial charge in [0.25, 0.3) is 0 Å². The maximum absolute atomic E-state index is 11.4. The van der Waals surface area contributed by atoms with Gasteiger partial charge in [0, 0.05) is 18.7 Å². The summed E-state index contributed by atoms with van der Waals surface area (Å²) in [6.45, 7) is 3.69. The summed E-state index contributed by atoms with van der Waals surface area (Å²) in [4.78, 5) is 11.4. The van der Waals surface area contributed by atoms with Gasteiger partial charge < -0.3 is 21.1 Å². The van der Waals surface area contributed by atoms with Crippen LogP contribution in [0.25, 0.3) is 0 Å². The van der Waals surface area contributed by atoms with E-state index in [1.807, 2.05) is 6.07 Å².